The molecule has 0 fully saturated rings. The van der Waals surface area contributed by atoms with E-state index in [4.69, 9.17) is 6.42 Å². The molecule has 5 heteroatoms. The number of hydrogen-bond acceptors (Lipinski definition) is 2. The zero-order valence-corrected chi connectivity index (χ0v) is 9.61. The van der Waals surface area contributed by atoms with E-state index in [1.54, 1.807) is 12.1 Å². The first kappa shape index (κ1) is 13.0. The first-order valence-corrected chi connectivity index (χ1v) is 5.26. The van der Waals surface area contributed by atoms with Crippen LogP contribution < -0.4 is 4.74 Å². The van der Waals surface area contributed by atoms with Gasteiger partial charge in [-0.25, -0.2) is 0 Å². The molecule has 0 N–H and O–H groups in total. The molecular weight excluding hydrogens is 255 g/mol. The minimum Gasteiger partial charge on any atom is -0.406 e. The quantitative estimate of drug-likeness (QED) is 0.772. The van der Waals surface area contributed by atoms with E-state index >= 15 is 0 Å². The van der Waals surface area contributed by atoms with Gasteiger partial charge in [-0.3, -0.25) is 4.98 Å². The van der Waals surface area contributed by atoms with Crippen LogP contribution in [-0.2, 0) is 0 Å². The Morgan fingerprint density at radius 2 is 1.89 bits per heavy atom. The first-order valence-electron chi connectivity index (χ1n) is 5.26. The van der Waals surface area contributed by atoms with Gasteiger partial charge < -0.3 is 4.74 Å². The summed E-state index contributed by atoms with van der Waals surface area (Å²) >= 11 is 0. The molecular formula is C14H8F3NO. The highest BCUT2D eigenvalue weighted by molar-refractivity contribution is 5.65. The summed E-state index contributed by atoms with van der Waals surface area (Å²) in [5, 5.41) is 0. The van der Waals surface area contributed by atoms with Crippen LogP contribution in [0.3, 0.4) is 0 Å². The SMILES string of the molecule is C#Cc1cncc(-c2cccc(OC(F)(F)F)c2)c1. The molecule has 2 nitrogen and oxygen atoms in total. The summed E-state index contributed by atoms with van der Waals surface area (Å²) in [5.74, 6) is 2.13. The molecule has 2 aromatic rings. The van der Waals surface area contributed by atoms with Gasteiger partial charge in [0.2, 0.25) is 0 Å². The Kier molecular flexibility index (Phi) is 3.43. The third kappa shape index (κ3) is 3.49. The van der Waals surface area contributed by atoms with Crippen LogP contribution in [0.15, 0.2) is 42.7 Å². The molecule has 0 amide bonds. The molecule has 0 spiro atoms. The van der Waals surface area contributed by atoms with Crippen molar-refractivity contribution in [3.8, 4) is 29.2 Å². The molecule has 1 aromatic heterocycles. The van der Waals surface area contributed by atoms with Crippen LogP contribution in [0.25, 0.3) is 11.1 Å². The van der Waals surface area contributed by atoms with E-state index < -0.39 is 6.36 Å². The summed E-state index contributed by atoms with van der Waals surface area (Å²) in [7, 11) is 0. The van der Waals surface area contributed by atoms with E-state index in [1.807, 2.05) is 0 Å². The Balaban J connectivity index is 2.35. The second-order valence-corrected chi connectivity index (χ2v) is 3.68. The summed E-state index contributed by atoms with van der Waals surface area (Å²) in [4.78, 5) is 3.93. The predicted octanol–water partition coefficient (Wildman–Crippen LogP) is 3.63. The zero-order chi connectivity index (χ0) is 13.9. The minimum atomic E-state index is -4.71. The summed E-state index contributed by atoms with van der Waals surface area (Å²) in [6.45, 7) is 0. The second-order valence-electron chi connectivity index (χ2n) is 3.68. The fraction of sp³-hybridized carbons (Fsp3) is 0.0714. The fourth-order valence-electron chi connectivity index (χ4n) is 1.55. The Morgan fingerprint density at radius 1 is 1.11 bits per heavy atom. The highest BCUT2D eigenvalue weighted by atomic mass is 19.4. The van der Waals surface area contributed by atoms with Crippen LogP contribution in [-0.4, -0.2) is 11.3 Å². The predicted molar refractivity (Wildman–Crippen MR) is 64.3 cm³/mol. The van der Waals surface area contributed by atoms with Crippen LogP contribution >= 0.6 is 0 Å². The number of benzene rings is 1. The van der Waals surface area contributed by atoms with Gasteiger partial charge in [0.25, 0.3) is 0 Å². The van der Waals surface area contributed by atoms with Crippen LogP contribution in [0.2, 0.25) is 0 Å². The molecule has 19 heavy (non-hydrogen) atoms. The molecule has 0 saturated carbocycles. The Labute approximate surface area is 107 Å². The van der Waals surface area contributed by atoms with E-state index in [0.29, 0.717) is 16.7 Å². The van der Waals surface area contributed by atoms with Gasteiger partial charge in [0.1, 0.15) is 5.75 Å². The van der Waals surface area contributed by atoms with Crippen molar-refractivity contribution in [2.24, 2.45) is 0 Å². The fourth-order valence-corrected chi connectivity index (χ4v) is 1.55. The van der Waals surface area contributed by atoms with E-state index in [-0.39, 0.29) is 5.75 Å². The normalized spacial score (nSPS) is 10.8. The van der Waals surface area contributed by atoms with Crippen molar-refractivity contribution in [2.45, 2.75) is 6.36 Å². The largest absolute Gasteiger partial charge is 0.573 e. The van der Waals surface area contributed by atoms with Gasteiger partial charge in [-0.2, -0.15) is 0 Å². The second kappa shape index (κ2) is 5.02. The van der Waals surface area contributed by atoms with Crippen LogP contribution in [0.5, 0.6) is 5.75 Å². The van der Waals surface area contributed by atoms with E-state index in [0.717, 1.165) is 0 Å². The summed E-state index contributed by atoms with van der Waals surface area (Å²) in [6, 6.07) is 7.31. The Hall–Kier alpha value is -2.48. The molecule has 1 aromatic carbocycles. The molecule has 0 aliphatic carbocycles. The number of alkyl halides is 3. The molecule has 0 atom stereocenters. The number of terminal acetylenes is 1. The van der Waals surface area contributed by atoms with Crippen molar-refractivity contribution in [2.75, 3.05) is 0 Å². The number of pyridine rings is 1. The molecule has 96 valence electrons. The topological polar surface area (TPSA) is 22.1 Å². The number of halogens is 3. The van der Waals surface area contributed by atoms with E-state index in [9.17, 15) is 13.2 Å². The number of aromatic nitrogens is 1. The Morgan fingerprint density at radius 3 is 2.58 bits per heavy atom. The van der Waals surface area contributed by atoms with Gasteiger partial charge in [0.05, 0.1) is 0 Å². The lowest BCUT2D eigenvalue weighted by Crippen LogP contribution is -2.17. The molecule has 2 rings (SSSR count). The third-order valence-electron chi connectivity index (χ3n) is 2.31. The zero-order valence-electron chi connectivity index (χ0n) is 9.61. The van der Waals surface area contributed by atoms with Gasteiger partial charge in [-0.1, -0.05) is 18.1 Å². The summed E-state index contributed by atoms with van der Waals surface area (Å²) in [5.41, 5.74) is 1.73. The lowest BCUT2D eigenvalue weighted by Gasteiger charge is -2.10. The number of ether oxygens (including phenoxy) is 1. The lowest BCUT2D eigenvalue weighted by atomic mass is 10.1. The first-order chi connectivity index (χ1) is 8.98. The minimum absolute atomic E-state index is 0.281. The smallest absolute Gasteiger partial charge is 0.406 e. The summed E-state index contributed by atoms with van der Waals surface area (Å²) < 4.78 is 40.3. The van der Waals surface area contributed by atoms with Crippen molar-refractivity contribution in [3.63, 3.8) is 0 Å². The molecule has 0 unspecified atom stereocenters. The standard InChI is InChI=1S/C14H8F3NO/c1-2-10-6-12(9-18-8-10)11-4-3-5-13(7-11)19-14(15,16)17/h1,3-9H. The molecule has 0 aliphatic rings. The van der Waals surface area contributed by atoms with Crippen molar-refractivity contribution >= 4 is 0 Å². The van der Waals surface area contributed by atoms with E-state index in [2.05, 4.69) is 15.6 Å². The summed E-state index contributed by atoms with van der Waals surface area (Å²) in [6.07, 6.45) is 3.56. The number of hydrogen-bond donors (Lipinski definition) is 0. The average Bonchev–Trinajstić information content (AvgIpc) is 2.37. The number of nitrogens with zero attached hydrogens (tertiary/aromatic N) is 1. The monoisotopic (exact) mass is 263 g/mol. The van der Waals surface area contributed by atoms with Crippen molar-refractivity contribution in [1.29, 1.82) is 0 Å². The number of rotatable bonds is 2. The van der Waals surface area contributed by atoms with Crippen LogP contribution in [0.1, 0.15) is 5.56 Å². The van der Waals surface area contributed by atoms with Gasteiger partial charge in [-0.05, 0) is 23.8 Å². The highest BCUT2D eigenvalue weighted by Gasteiger charge is 2.31. The molecule has 0 bridgehead atoms. The lowest BCUT2D eigenvalue weighted by molar-refractivity contribution is -0.274. The van der Waals surface area contributed by atoms with Crippen LogP contribution in [0, 0.1) is 12.3 Å². The molecule has 0 aliphatic heterocycles. The van der Waals surface area contributed by atoms with Crippen LogP contribution in [0.4, 0.5) is 13.2 Å². The van der Waals surface area contributed by atoms with Crippen molar-refractivity contribution in [1.82, 2.24) is 4.98 Å². The average molecular weight is 263 g/mol. The molecule has 0 radical (unpaired) electrons. The Bertz CT molecular complexity index is 629. The maximum absolute atomic E-state index is 12.1. The van der Waals surface area contributed by atoms with Gasteiger partial charge in [-0.15, -0.1) is 19.6 Å². The van der Waals surface area contributed by atoms with Gasteiger partial charge in [0, 0.05) is 23.5 Å². The highest BCUT2D eigenvalue weighted by Crippen LogP contribution is 2.27. The third-order valence-corrected chi connectivity index (χ3v) is 2.31. The van der Waals surface area contributed by atoms with Gasteiger partial charge in [0.15, 0.2) is 0 Å². The van der Waals surface area contributed by atoms with Crippen molar-refractivity contribution < 1.29 is 17.9 Å². The molecule has 0 saturated heterocycles. The molecule has 1 heterocycles. The maximum Gasteiger partial charge on any atom is 0.573 e. The van der Waals surface area contributed by atoms with E-state index in [1.165, 1.54) is 30.6 Å². The van der Waals surface area contributed by atoms with Crippen molar-refractivity contribution in [3.05, 3.63) is 48.3 Å². The van der Waals surface area contributed by atoms with Gasteiger partial charge >= 0.3 is 6.36 Å². The maximum atomic E-state index is 12.1.